The van der Waals surface area contributed by atoms with Gasteiger partial charge < -0.3 is 9.80 Å². The number of piperazine rings is 1. The Balaban J connectivity index is 1.51. The first kappa shape index (κ1) is 18.9. The minimum Gasteiger partial charge on any atom is -0.353 e. The maximum absolute atomic E-state index is 12.8. The van der Waals surface area contributed by atoms with Gasteiger partial charge in [-0.15, -0.1) is 10.2 Å². The lowest BCUT2D eigenvalue weighted by molar-refractivity contribution is 0.0746. The number of aryl methyl sites for hydroxylation is 2. The third-order valence-electron chi connectivity index (χ3n) is 5.24. The van der Waals surface area contributed by atoms with Gasteiger partial charge in [0.2, 0.25) is 0 Å². The average Bonchev–Trinajstić information content (AvgIpc) is 3.14. The summed E-state index contributed by atoms with van der Waals surface area (Å²) in [5.41, 5.74) is 2.21. The minimum absolute atomic E-state index is 0.0371. The molecule has 0 atom stereocenters. The first-order chi connectivity index (χ1) is 14.1. The first-order valence-corrected chi connectivity index (χ1v) is 9.86. The summed E-state index contributed by atoms with van der Waals surface area (Å²) in [4.78, 5) is 21.5. The molecule has 8 heteroatoms. The molecule has 0 spiro atoms. The molecule has 0 radical (unpaired) electrons. The molecule has 0 N–H and O–H groups in total. The van der Waals surface area contributed by atoms with Crippen molar-refractivity contribution in [1.29, 1.82) is 5.26 Å². The highest BCUT2D eigenvalue weighted by Crippen LogP contribution is 2.20. The Labute approximate surface area is 169 Å². The van der Waals surface area contributed by atoms with Gasteiger partial charge in [-0.3, -0.25) is 9.20 Å². The van der Waals surface area contributed by atoms with Crippen molar-refractivity contribution in [3.63, 3.8) is 0 Å². The van der Waals surface area contributed by atoms with E-state index in [9.17, 15) is 4.79 Å². The van der Waals surface area contributed by atoms with Gasteiger partial charge in [-0.05, 0) is 31.5 Å². The summed E-state index contributed by atoms with van der Waals surface area (Å²) in [5, 5.41) is 17.4. The van der Waals surface area contributed by atoms with Crippen LogP contribution in [0.3, 0.4) is 0 Å². The van der Waals surface area contributed by atoms with Gasteiger partial charge in [-0.1, -0.05) is 19.4 Å². The van der Waals surface area contributed by atoms with Gasteiger partial charge in [0.1, 0.15) is 11.6 Å². The van der Waals surface area contributed by atoms with Gasteiger partial charge in [0.05, 0.1) is 11.6 Å². The van der Waals surface area contributed by atoms with Crippen LogP contribution in [0.1, 0.15) is 40.8 Å². The number of carbonyl (C=O) groups is 1. The molecule has 0 saturated carbocycles. The zero-order chi connectivity index (χ0) is 20.4. The summed E-state index contributed by atoms with van der Waals surface area (Å²) in [6.07, 6.45) is 1.96. The fourth-order valence-corrected chi connectivity index (χ4v) is 3.75. The quantitative estimate of drug-likeness (QED) is 0.680. The van der Waals surface area contributed by atoms with Crippen LogP contribution in [0.15, 0.2) is 30.3 Å². The molecule has 148 valence electrons. The topological polar surface area (TPSA) is 90.4 Å². The van der Waals surface area contributed by atoms with E-state index < -0.39 is 0 Å². The van der Waals surface area contributed by atoms with Crippen LogP contribution in [-0.2, 0) is 6.42 Å². The maximum atomic E-state index is 12.8. The second-order valence-electron chi connectivity index (χ2n) is 7.21. The van der Waals surface area contributed by atoms with E-state index in [4.69, 9.17) is 5.26 Å². The molecule has 0 unspecified atom stereocenters. The number of rotatable bonds is 4. The molecule has 8 nitrogen and oxygen atoms in total. The summed E-state index contributed by atoms with van der Waals surface area (Å²) in [6, 6.07) is 11.1. The van der Waals surface area contributed by atoms with E-state index >= 15 is 0 Å². The van der Waals surface area contributed by atoms with Crippen LogP contribution in [0.5, 0.6) is 0 Å². The molecule has 2 aromatic heterocycles. The van der Waals surface area contributed by atoms with Crippen molar-refractivity contribution in [1.82, 2.24) is 24.5 Å². The van der Waals surface area contributed by atoms with E-state index in [0.717, 1.165) is 30.2 Å². The lowest BCUT2D eigenvalue weighted by Gasteiger charge is -2.35. The maximum Gasteiger partial charge on any atom is 0.257 e. The molecule has 1 aromatic carbocycles. The molecule has 1 amide bonds. The van der Waals surface area contributed by atoms with E-state index in [2.05, 4.69) is 39.1 Å². The number of carbonyl (C=O) groups excluding carboxylic acids is 1. The fraction of sp³-hybridized carbons (Fsp3) is 0.381. The van der Waals surface area contributed by atoms with Crippen molar-refractivity contribution in [3.8, 4) is 6.07 Å². The average molecular weight is 389 g/mol. The molecule has 3 heterocycles. The van der Waals surface area contributed by atoms with Crippen molar-refractivity contribution in [2.75, 3.05) is 31.1 Å². The van der Waals surface area contributed by atoms with E-state index in [1.807, 2.05) is 16.2 Å². The Kier molecular flexibility index (Phi) is 5.12. The molecule has 1 saturated heterocycles. The van der Waals surface area contributed by atoms with Gasteiger partial charge in [0.15, 0.2) is 0 Å². The molecule has 29 heavy (non-hydrogen) atoms. The van der Waals surface area contributed by atoms with E-state index in [0.29, 0.717) is 43.1 Å². The third kappa shape index (κ3) is 3.63. The molecule has 1 fully saturated rings. The molecule has 4 rings (SSSR count). The lowest BCUT2D eigenvalue weighted by atomic mass is 10.1. The van der Waals surface area contributed by atoms with E-state index in [-0.39, 0.29) is 5.91 Å². The number of benzene rings is 1. The molecule has 0 aliphatic carbocycles. The SMILES string of the molecule is CCCc1cc(N2CCN(C(=O)c3cccc(C#N)c3)CC2)nc2nnc(C)n12. The summed E-state index contributed by atoms with van der Waals surface area (Å²) in [6.45, 7) is 6.70. The molecule has 1 aliphatic heterocycles. The van der Waals surface area contributed by atoms with Gasteiger partial charge in [0.25, 0.3) is 11.7 Å². The smallest absolute Gasteiger partial charge is 0.257 e. The van der Waals surface area contributed by atoms with Crippen molar-refractivity contribution in [3.05, 3.63) is 53.0 Å². The summed E-state index contributed by atoms with van der Waals surface area (Å²) < 4.78 is 2.01. The standard InChI is InChI=1S/C21H23N7O/c1-3-5-18-13-19(23-21-25-24-15(2)28(18)21)26-8-10-27(11-9-26)20(29)17-7-4-6-16(12-17)14-22/h4,6-7,12-13H,3,5,8-11H2,1-2H3. The summed E-state index contributed by atoms with van der Waals surface area (Å²) >= 11 is 0. The van der Waals surface area contributed by atoms with Crippen LogP contribution in [0.4, 0.5) is 5.82 Å². The monoisotopic (exact) mass is 389 g/mol. The number of amides is 1. The highest BCUT2D eigenvalue weighted by molar-refractivity contribution is 5.94. The van der Waals surface area contributed by atoms with Crippen molar-refractivity contribution >= 4 is 17.5 Å². The summed E-state index contributed by atoms with van der Waals surface area (Å²) in [5.74, 6) is 2.31. The second kappa shape index (κ2) is 7.87. The van der Waals surface area contributed by atoms with Gasteiger partial charge in [-0.2, -0.15) is 10.2 Å². The molecule has 0 bridgehead atoms. The van der Waals surface area contributed by atoms with Crippen molar-refractivity contribution in [2.45, 2.75) is 26.7 Å². The number of fused-ring (bicyclic) bond motifs is 1. The molecular weight excluding hydrogens is 366 g/mol. The number of hydrogen-bond acceptors (Lipinski definition) is 6. The lowest BCUT2D eigenvalue weighted by Crippen LogP contribution is -2.49. The highest BCUT2D eigenvalue weighted by atomic mass is 16.2. The van der Waals surface area contributed by atoms with Gasteiger partial charge in [0, 0.05) is 43.5 Å². The zero-order valence-corrected chi connectivity index (χ0v) is 16.7. The van der Waals surface area contributed by atoms with Crippen LogP contribution in [0.2, 0.25) is 0 Å². The second-order valence-corrected chi connectivity index (χ2v) is 7.21. The van der Waals surface area contributed by atoms with Crippen LogP contribution in [-0.4, -0.2) is 56.6 Å². The normalized spacial score (nSPS) is 14.2. The number of hydrogen-bond donors (Lipinski definition) is 0. The van der Waals surface area contributed by atoms with Gasteiger partial charge >= 0.3 is 0 Å². The predicted octanol–water partition coefficient (Wildman–Crippen LogP) is 2.22. The van der Waals surface area contributed by atoms with E-state index in [1.165, 1.54) is 0 Å². The van der Waals surface area contributed by atoms with Crippen molar-refractivity contribution < 1.29 is 4.79 Å². The predicted molar refractivity (Wildman–Crippen MR) is 109 cm³/mol. The number of aromatic nitrogens is 4. The number of nitriles is 1. The van der Waals surface area contributed by atoms with Crippen LogP contribution in [0.25, 0.3) is 5.78 Å². The minimum atomic E-state index is -0.0371. The van der Waals surface area contributed by atoms with Crippen LogP contribution in [0, 0.1) is 18.3 Å². The Morgan fingerprint density at radius 3 is 2.69 bits per heavy atom. The zero-order valence-electron chi connectivity index (χ0n) is 16.7. The van der Waals surface area contributed by atoms with Crippen LogP contribution < -0.4 is 4.90 Å². The Morgan fingerprint density at radius 2 is 1.97 bits per heavy atom. The van der Waals surface area contributed by atoms with E-state index in [1.54, 1.807) is 24.3 Å². The Hall–Kier alpha value is -3.47. The van der Waals surface area contributed by atoms with Crippen molar-refractivity contribution in [2.24, 2.45) is 0 Å². The Morgan fingerprint density at radius 1 is 1.17 bits per heavy atom. The number of anilines is 1. The summed E-state index contributed by atoms with van der Waals surface area (Å²) in [7, 11) is 0. The third-order valence-corrected chi connectivity index (χ3v) is 5.24. The fourth-order valence-electron chi connectivity index (χ4n) is 3.75. The Bertz CT molecular complexity index is 1090. The molecule has 1 aliphatic rings. The number of nitrogens with zero attached hydrogens (tertiary/aromatic N) is 7. The molecule has 3 aromatic rings. The molecular formula is C21H23N7O. The highest BCUT2D eigenvalue weighted by Gasteiger charge is 2.24. The van der Waals surface area contributed by atoms with Crippen LogP contribution >= 0.6 is 0 Å². The van der Waals surface area contributed by atoms with Gasteiger partial charge in [-0.25, -0.2) is 0 Å². The largest absolute Gasteiger partial charge is 0.353 e. The first-order valence-electron chi connectivity index (χ1n) is 9.86.